The van der Waals surface area contributed by atoms with Crippen molar-refractivity contribution >= 4 is 28.9 Å². The first-order valence-corrected chi connectivity index (χ1v) is 13.0. The van der Waals surface area contributed by atoms with Crippen LogP contribution in [0.5, 0.6) is 5.75 Å². The number of aliphatic hydroxyl groups excluding tert-OH is 1. The molecule has 0 bridgehead atoms. The predicted molar refractivity (Wildman–Crippen MR) is 139 cm³/mol. The molecule has 39 heavy (non-hydrogen) atoms. The number of alkyl halides is 1. The van der Waals surface area contributed by atoms with E-state index in [-0.39, 0.29) is 30.7 Å². The van der Waals surface area contributed by atoms with Crippen LogP contribution >= 0.6 is 0 Å². The topological polar surface area (TPSA) is 174 Å². The fourth-order valence-corrected chi connectivity index (χ4v) is 6.80. The van der Waals surface area contributed by atoms with E-state index in [9.17, 15) is 38.9 Å². The number of primary amides is 1. The van der Waals surface area contributed by atoms with Gasteiger partial charge in [-0.25, -0.2) is 4.39 Å². The monoisotopic (exact) mass is 548 g/mol. The van der Waals surface area contributed by atoms with Crippen LogP contribution in [-0.2, 0) is 27.3 Å². The second kappa shape index (κ2) is 10.2. The van der Waals surface area contributed by atoms with Gasteiger partial charge in [-0.15, -0.1) is 0 Å². The number of carbonyl (C=O) groups is 4. The zero-order valence-corrected chi connectivity index (χ0v) is 22.8. The van der Waals surface area contributed by atoms with Crippen LogP contribution in [0, 0.1) is 23.7 Å². The van der Waals surface area contributed by atoms with E-state index in [1.54, 1.807) is 51.0 Å². The van der Waals surface area contributed by atoms with E-state index < -0.39 is 77.4 Å². The molecule has 1 aromatic carbocycles. The maximum Gasteiger partial charge on any atom is 0.230 e. The Hall–Kier alpha value is -2.93. The van der Waals surface area contributed by atoms with Gasteiger partial charge in [-0.05, 0) is 51.4 Å². The Morgan fingerprint density at radius 3 is 2.41 bits per heavy atom. The lowest BCUT2D eigenvalue weighted by atomic mass is 9.52. The van der Waals surface area contributed by atoms with Crippen molar-refractivity contribution in [3.63, 3.8) is 0 Å². The number of nitrogens with one attached hydrogen (secondary N) is 1. The van der Waals surface area contributed by atoms with Crippen LogP contribution < -0.4 is 16.0 Å². The summed E-state index contributed by atoms with van der Waals surface area (Å²) in [4.78, 5) is 56.8. The Morgan fingerprint density at radius 2 is 1.87 bits per heavy atom. The number of hydrogen-bond donors (Lipinski definition) is 5. The second-order valence-corrected chi connectivity index (χ2v) is 11.6. The largest absolute Gasteiger partial charge is 0.507 e. The van der Waals surface area contributed by atoms with E-state index in [2.05, 4.69) is 5.32 Å². The number of likely N-dealkylation sites (N-methyl/N-ethyl adjacent to an activating group) is 1. The molecule has 8 atom stereocenters. The van der Waals surface area contributed by atoms with Gasteiger partial charge < -0.3 is 36.2 Å². The van der Waals surface area contributed by atoms with Crippen molar-refractivity contribution in [2.24, 2.45) is 29.4 Å². The number of ketones is 3. The molecule has 214 valence electrons. The number of carbonyl (C=O) groups excluding carboxylic acids is 4. The zero-order valence-electron chi connectivity index (χ0n) is 22.8. The van der Waals surface area contributed by atoms with Crippen LogP contribution in [0.4, 0.5) is 10.1 Å². The number of amides is 1. The first-order valence-electron chi connectivity index (χ1n) is 13.0. The molecule has 0 spiro atoms. The standard InChI is InChI=1S/C27H37FN4O7/c1-11(9-28)30-10-13-8-16(31(2)3)14-6-12-7-15-20(32(4)5)23(35)19(26(29)38)25(37)27(15,39)24(36)17(12)22(34)18(14)21(13)33/h8,11-12,15,17,19-20,23,30,33,35,39H,6-7,9-10H2,1-5H3,(H2,29,38)/t11?,12-,15-,17?,19?,20?,23?,27-/m1/s1. The summed E-state index contributed by atoms with van der Waals surface area (Å²) in [7, 11) is 6.75. The fourth-order valence-electron chi connectivity index (χ4n) is 6.80. The summed E-state index contributed by atoms with van der Waals surface area (Å²) >= 11 is 0. The summed E-state index contributed by atoms with van der Waals surface area (Å²) in [6.07, 6.45) is -1.31. The lowest BCUT2D eigenvalue weighted by molar-refractivity contribution is -0.190. The molecule has 3 aliphatic rings. The summed E-state index contributed by atoms with van der Waals surface area (Å²) in [6.45, 7) is 1.06. The number of benzene rings is 1. The highest BCUT2D eigenvalue weighted by Gasteiger charge is 2.69. The maximum absolute atomic E-state index is 14.0. The van der Waals surface area contributed by atoms with Crippen LogP contribution in [-0.4, -0.2) is 102 Å². The highest BCUT2D eigenvalue weighted by atomic mass is 19.1. The van der Waals surface area contributed by atoms with E-state index in [1.165, 1.54) is 0 Å². The van der Waals surface area contributed by atoms with Crippen molar-refractivity contribution in [1.29, 1.82) is 0 Å². The van der Waals surface area contributed by atoms with Gasteiger partial charge in [0, 0.05) is 49.9 Å². The maximum atomic E-state index is 14.0. The molecule has 1 amide bonds. The number of rotatable bonds is 7. The molecule has 12 heteroatoms. The summed E-state index contributed by atoms with van der Waals surface area (Å²) in [5, 5.41) is 36.8. The number of halogens is 1. The molecule has 2 saturated carbocycles. The quantitative estimate of drug-likeness (QED) is 0.271. The predicted octanol–water partition coefficient (Wildman–Crippen LogP) is -0.828. The summed E-state index contributed by atoms with van der Waals surface area (Å²) in [5.41, 5.74) is 4.14. The Morgan fingerprint density at radius 1 is 1.23 bits per heavy atom. The number of fused-ring (bicyclic) bond motifs is 3. The average Bonchev–Trinajstić information content (AvgIpc) is 2.84. The summed E-state index contributed by atoms with van der Waals surface area (Å²) in [6, 6.07) is 0.262. The van der Waals surface area contributed by atoms with E-state index in [4.69, 9.17) is 5.73 Å². The van der Waals surface area contributed by atoms with Gasteiger partial charge in [0.2, 0.25) is 5.91 Å². The number of phenols is 1. The number of aromatic hydroxyl groups is 1. The van der Waals surface area contributed by atoms with Crippen molar-refractivity contribution < 1.29 is 38.9 Å². The van der Waals surface area contributed by atoms with Gasteiger partial charge in [-0.1, -0.05) is 0 Å². The van der Waals surface area contributed by atoms with Crippen LogP contribution in [0.25, 0.3) is 0 Å². The fraction of sp³-hybridized carbons (Fsp3) is 0.630. The second-order valence-electron chi connectivity index (χ2n) is 11.6. The zero-order chi connectivity index (χ0) is 29.1. The molecular formula is C27H37FN4O7. The number of anilines is 1. The Labute approximate surface area is 226 Å². The highest BCUT2D eigenvalue weighted by molar-refractivity contribution is 6.25. The van der Waals surface area contributed by atoms with E-state index in [1.807, 2.05) is 0 Å². The smallest absolute Gasteiger partial charge is 0.230 e. The highest BCUT2D eigenvalue weighted by Crippen LogP contribution is 2.52. The average molecular weight is 549 g/mol. The number of aliphatic hydroxyl groups is 2. The normalized spacial score (nSPS) is 32.9. The van der Waals surface area contributed by atoms with Gasteiger partial charge in [-0.2, -0.15) is 0 Å². The lowest BCUT2D eigenvalue weighted by Crippen LogP contribution is -2.75. The number of hydrogen-bond acceptors (Lipinski definition) is 10. The molecular weight excluding hydrogens is 511 g/mol. The number of nitrogens with zero attached hydrogens (tertiary/aromatic N) is 2. The molecule has 4 rings (SSSR count). The third-order valence-corrected chi connectivity index (χ3v) is 8.70. The Balaban J connectivity index is 1.85. The molecule has 2 fully saturated rings. The Bertz CT molecular complexity index is 1220. The minimum Gasteiger partial charge on any atom is -0.507 e. The lowest BCUT2D eigenvalue weighted by Gasteiger charge is -2.55. The van der Waals surface area contributed by atoms with Crippen molar-refractivity contribution in [3.8, 4) is 5.75 Å². The molecule has 0 saturated heterocycles. The molecule has 1 aromatic rings. The van der Waals surface area contributed by atoms with E-state index in [0.717, 1.165) is 0 Å². The van der Waals surface area contributed by atoms with Gasteiger partial charge >= 0.3 is 0 Å². The molecule has 11 nitrogen and oxygen atoms in total. The molecule has 0 aromatic heterocycles. The molecule has 3 aliphatic carbocycles. The minimum absolute atomic E-state index is 0.0418. The van der Waals surface area contributed by atoms with Crippen molar-refractivity contribution in [3.05, 3.63) is 22.8 Å². The number of nitrogens with two attached hydrogens (primary N) is 1. The van der Waals surface area contributed by atoms with Crippen LogP contribution in [0.1, 0.15) is 34.8 Å². The van der Waals surface area contributed by atoms with E-state index >= 15 is 0 Å². The molecule has 5 unspecified atom stereocenters. The first-order chi connectivity index (χ1) is 18.2. The number of Topliss-reactive ketones (excluding diaryl/α,β-unsaturated/α-hetero) is 3. The van der Waals surface area contributed by atoms with E-state index in [0.29, 0.717) is 16.8 Å². The van der Waals surface area contributed by atoms with Crippen LogP contribution in [0.15, 0.2) is 6.07 Å². The van der Waals surface area contributed by atoms with Gasteiger partial charge in [0.1, 0.15) is 18.3 Å². The van der Waals surface area contributed by atoms with Gasteiger partial charge in [0.05, 0.1) is 17.6 Å². The van der Waals surface area contributed by atoms with Crippen LogP contribution in [0.2, 0.25) is 0 Å². The molecule has 0 heterocycles. The van der Waals surface area contributed by atoms with Crippen LogP contribution in [0.3, 0.4) is 0 Å². The summed E-state index contributed by atoms with van der Waals surface area (Å²) in [5.74, 6) is -9.47. The van der Waals surface area contributed by atoms with Crippen molar-refractivity contribution in [2.75, 3.05) is 39.8 Å². The number of phenolic OH excluding ortho intramolecular Hbond substituents is 1. The van der Waals surface area contributed by atoms with Gasteiger partial charge in [-0.3, -0.25) is 19.2 Å². The van der Waals surface area contributed by atoms with Gasteiger partial charge in [0.25, 0.3) is 0 Å². The third kappa shape index (κ3) is 4.33. The Kier molecular flexibility index (Phi) is 7.63. The van der Waals surface area contributed by atoms with Crippen molar-refractivity contribution in [2.45, 2.75) is 50.1 Å². The molecule has 0 radical (unpaired) electrons. The first kappa shape index (κ1) is 29.1. The molecule has 0 aliphatic heterocycles. The SMILES string of the molecule is CC(CF)NCc1cc(N(C)C)c2c(c1O)C(=O)C1C(=O)[C@@]3(O)C(=O)C(C(N)=O)C(O)C(N(C)C)[C@H]3C[C@H]1C2. The summed E-state index contributed by atoms with van der Waals surface area (Å²) < 4.78 is 13.0. The molecule has 6 N–H and O–H groups in total. The van der Waals surface area contributed by atoms with Gasteiger partial charge in [0.15, 0.2) is 23.0 Å². The third-order valence-electron chi connectivity index (χ3n) is 8.70. The minimum atomic E-state index is -2.71. The van der Waals surface area contributed by atoms with Crippen molar-refractivity contribution in [1.82, 2.24) is 10.2 Å².